The second kappa shape index (κ2) is 32.8. The van der Waals surface area contributed by atoms with Gasteiger partial charge in [-0.05, 0) is 69.8 Å². The molecule has 1 aromatic carbocycles. The van der Waals surface area contributed by atoms with Crippen molar-refractivity contribution in [1.29, 1.82) is 0 Å². The first-order valence-electron chi connectivity index (χ1n) is 28.4. The van der Waals surface area contributed by atoms with Gasteiger partial charge in [0.2, 0.25) is 47.3 Å². The van der Waals surface area contributed by atoms with Crippen molar-refractivity contribution in [2.45, 2.75) is 203 Å². The smallest absolute Gasteiger partial charge is 0.248 e. The maximum absolute atomic E-state index is 14.7. The quantitative estimate of drug-likeness (QED) is 0.0446. The minimum absolute atomic E-state index is 0.0140. The first-order chi connectivity index (χ1) is 37.8. The minimum atomic E-state index is -2.13. The molecular weight excluding hydrogens is 1040 g/mol. The molecule has 0 bridgehead atoms. The number of nitrogens with one attached hydrogen (secondary N) is 6. The van der Waals surface area contributed by atoms with Crippen LogP contribution in [0.15, 0.2) is 24.3 Å². The molecule has 3 aliphatic heterocycles. The number of carbonyl (C=O) groups excluding carboxylic acids is 8. The third kappa shape index (κ3) is 20.8. The van der Waals surface area contributed by atoms with Gasteiger partial charge in [0.1, 0.15) is 42.0 Å². The Balaban J connectivity index is 1.75. The van der Waals surface area contributed by atoms with Crippen LogP contribution in [0.5, 0.6) is 5.75 Å². The lowest BCUT2D eigenvalue weighted by Crippen LogP contribution is -2.64. The highest BCUT2D eigenvalue weighted by Gasteiger charge is 2.48. The number of fused-ring (bicyclic) bond motifs is 2. The van der Waals surface area contributed by atoms with Gasteiger partial charge in [-0.3, -0.25) is 38.4 Å². The molecule has 3 heterocycles. The number of primary amides is 1. The number of amides is 8. The number of aliphatic hydroxyl groups excluding tert-OH is 6. The lowest BCUT2D eigenvalue weighted by Gasteiger charge is -2.34. The summed E-state index contributed by atoms with van der Waals surface area (Å²) in [4.78, 5) is 117. The van der Waals surface area contributed by atoms with E-state index >= 15 is 0 Å². The summed E-state index contributed by atoms with van der Waals surface area (Å²) in [6.45, 7) is 7.73. The molecular formula is C55H92N10O15. The van der Waals surface area contributed by atoms with Gasteiger partial charge in [-0.15, -0.1) is 0 Å². The summed E-state index contributed by atoms with van der Waals surface area (Å²) in [6, 6.07) is -6.92. The number of hydrogen-bond donors (Lipinski definition) is 14. The SMILES string of the molecule is CC[C@H](C)C[C@H](C)CCCCCCCCC(=O)N[C@H]1C[C@@H](O)[C@@H](CNCCN(C)C)NC(=O)C2[C@@H](O)CCN2C(=O)C([C@H](O)CC(N)=O)NC(=O)C(C(O)Cc2ccc(O)cc2)NC(=O)C2C[C@@H](O)CN2C(=O)C([C@@H](C)O)NC1=O. The molecule has 15 N–H and O–H groups in total. The molecule has 25 nitrogen and oxygen atoms in total. The molecule has 3 fully saturated rings. The Kier molecular flexibility index (Phi) is 27.4. The molecule has 4 rings (SSSR count). The van der Waals surface area contributed by atoms with E-state index in [0.29, 0.717) is 36.9 Å². The highest BCUT2D eigenvalue weighted by molar-refractivity contribution is 5.98. The van der Waals surface area contributed by atoms with Crippen LogP contribution in [0.4, 0.5) is 0 Å². The molecule has 15 atom stereocenters. The number of benzene rings is 1. The Hall–Kier alpha value is -5.54. The van der Waals surface area contributed by atoms with Crippen molar-refractivity contribution in [3.63, 3.8) is 0 Å². The van der Waals surface area contributed by atoms with Crippen molar-refractivity contribution >= 4 is 47.3 Å². The maximum Gasteiger partial charge on any atom is 0.248 e. The molecule has 3 saturated heterocycles. The highest BCUT2D eigenvalue weighted by Crippen LogP contribution is 2.25. The second-order valence-corrected chi connectivity index (χ2v) is 22.7. The van der Waals surface area contributed by atoms with Crippen molar-refractivity contribution in [1.82, 2.24) is 46.6 Å². The molecule has 1 aromatic rings. The largest absolute Gasteiger partial charge is 0.508 e. The van der Waals surface area contributed by atoms with E-state index in [2.05, 4.69) is 52.7 Å². The van der Waals surface area contributed by atoms with Crippen molar-refractivity contribution in [3.8, 4) is 5.75 Å². The number of unbranched alkanes of at least 4 members (excludes halogenated alkanes) is 5. The minimum Gasteiger partial charge on any atom is -0.508 e. The molecule has 452 valence electrons. The van der Waals surface area contributed by atoms with Gasteiger partial charge in [0, 0.05) is 58.4 Å². The van der Waals surface area contributed by atoms with E-state index in [1.54, 1.807) is 0 Å². The highest BCUT2D eigenvalue weighted by atomic mass is 16.3. The van der Waals surface area contributed by atoms with Crippen LogP contribution in [0.3, 0.4) is 0 Å². The van der Waals surface area contributed by atoms with Crippen molar-refractivity contribution in [3.05, 3.63) is 29.8 Å². The third-order valence-electron chi connectivity index (χ3n) is 15.4. The maximum atomic E-state index is 14.7. The fourth-order valence-electron chi connectivity index (χ4n) is 10.6. The summed E-state index contributed by atoms with van der Waals surface area (Å²) in [5.41, 5.74) is 5.77. The Morgan fingerprint density at radius 1 is 0.750 bits per heavy atom. The molecule has 25 heteroatoms. The predicted octanol–water partition coefficient (Wildman–Crippen LogP) is -2.63. The zero-order valence-corrected chi connectivity index (χ0v) is 47.4. The molecule has 0 aromatic heterocycles. The molecule has 0 saturated carbocycles. The molecule has 0 spiro atoms. The number of nitrogens with zero attached hydrogens (tertiary/aromatic N) is 3. The Bertz CT molecular complexity index is 2190. The fourth-order valence-corrected chi connectivity index (χ4v) is 10.6. The van der Waals surface area contributed by atoms with E-state index in [9.17, 15) is 74.1 Å². The summed E-state index contributed by atoms with van der Waals surface area (Å²) in [6.07, 6.45) is -4.12. The van der Waals surface area contributed by atoms with Crippen LogP contribution in [-0.2, 0) is 44.8 Å². The molecule has 80 heavy (non-hydrogen) atoms. The van der Waals surface area contributed by atoms with Crippen molar-refractivity contribution in [2.24, 2.45) is 17.6 Å². The van der Waals surface area contributed by atoms with Crippen molar-refractivity contribution in [2.75, 3.05) is 46.8 Å². The van der Waals surface area contributed by atoms with E-state index in [4.69, 9.17) is 5.73 Å². The number of rotatable bonds is 25. The number of carbonyl (C=O) groups is 8. The Morgan fingerprint density at radius 2 is 1.38 bits per heavy atom. The van der Waals surface area contributed by atoms with Crippen LogP contribution in [-0.4, -0.2) is 223 Å². The lowest BCUT2D eigenvalue weighted by atomic mass is 9.91. The number of phenolic OH excluding ortho intramolecular Hbond substituents is 1. The first kappa shape index (κ1) is 67.0. The van der Waals surface area contributed by atoms with E-state index in [0.717, 1.165) is 54.7 Å². The Morgan fingerprint density at radius 3 is 2.01 bits per heavy atom. The predicted molar refractivity (Wildman–Crippen MR) is 293 cm³/mol. The lowest BCUT2D eigenvalue weighted by molar-refractivity contribution is -0.148. The molecule has 6 unspecified atom stereocenters. The first-order valence-corrected chi connectivity index (χ1v) is 28.4. The van der Waals surface area contributed by atoms with E-state index in [-0.39, 0.29) is 38.1 Å². The number of hydrogen-bond acceptors (Lipinski definition) is 17. The average Bonchev–Trinajstić information content (AvgIpc) is 4.10. The number of aromatic hydroxyl groups is 1. The van der Waals surface area contributed by atoms with Gasteiger partial charge < -0.3 is 88.1 Å². The van der Waals surface area contributed by atoms with Gasteiger partial charge in [-0.25, -0.2) is 0 Å². The van der Waals surface area contributed by atoms with Crippen LogP contribution in [0, 0.1) is 11.8 Å². The fraction of sp³-hybridized carbons (Fsp3) is 0.745. The van der Waals surface area contributed by atoms with Crippen LogP contribution < -0.4 is 37.6 Å². The van der Waals surface area contributed by atoms with Crippen LogP contribution in [0.1, 0.15) is 123 Å². The molecule has 8 amide bonds. The van der Waals surface area contributed by atoms with Gasteiger partial charge in [-0.1, -0.05) is 77.8 Å². The van der Waals surface area contributed by atoms with Gasteiger partial charge in [-0.2, -0.15) is 0 Å². The standard InChI is InChI=1S/C55H92N10O15/c1-7-31(2)24-32(3)14-12-10-8-9-11-13-15-45(74)58-37-27-41(70)38(29-57-21-23-63(5)6)59-53(78)49-40(69)20-22-64(49)55(80)48(43(72)28-44(56)73)62-52(77)47(42(71)25-34-16-18-35(67)19-17-34)61-51(76)39-26-36(68)30-65(39)54(79)46(33(4)66)60-50(37)75/h16-19,31-33,36-43,46-49,57,66-72H,7-15,20-30H2,1-6H3,(H2,56,73)(H,58,74)(H,59,78)(H,60,75)(H,61,76)(H,62,77)/t31-,32+,33+,36+,37-,38+,39?,40-,41+,42?,43+,46?,47?,48?,49?/m0/s1. The second-order valence-electron chi connectivity index (χ2n) is 22.7. The van der Waals surface area contributed by atoms with E-state index in [1.807, 2.05) is 19.0 Å². The number of aliphatic hydroxyl groups is 6. The number of phenols is 1. The summed E-state index contributed by atoms with van der Waals surface area (Å²) < 4.78 is 0. The molecule has 3 aliphatic rings. The third-order valence-corrected chi connectivity index (χ3v) is 15.4. The summed E-state index contributed by atoms with van der Waals surface area (Å²) in [5.74, 6) is -7.29. The van der Waals surface area contributed by atoms with Crippen LogP contribution in [0.2, 0.25) is 0 Å². The number of likely N-dealkylation sites (N-methyl/N-ethyl adjacent to an activating group) is 1. The topological polar surface area (TPSA) is 386 Å². The zero-order valence-electron chi connectivity index (χ0n) is 47.4. The average molecular weight is 1130 g/mol. The van der Waals surface area contributed by atoms with Gasteiger partial charge in [0.15, 0.2) is 0 Å². The van der Waals surface area contributed by atoms with Crippen LogP contribution >= 0.6 is 0 Å². The monoisotopic (exact) mass is 1130 g/mol. The summed E-state index contributed by atoms with van der Waals surface area (Å²) in [5, 5.41) is 94.1. The van der Waals surface area contributed by atoms with E-state index in [1.165, 1.54) is 37.6 Å². The van der Waals surface area contributed by atoms with Gasteiger partial charge >= 0.3 is 0 Å². The molecule has 0 radical (unpaired) electrons. The summed E-state index contributed by atoms with van der Waals surface area (Å²) in [7, 11) is 3.64. The van der Waals surface area contributed by atoms with Gasteiger partial charge in [0.05, 0.1) is 49.1 Å². The molecule has 0 aliphatic carbocycles. The van der Waals surface area contributed by atoms with Crippen LogP contribution in [0.25, 0.3) is 0 Å². The number of nitrogens with two attached hydrogens (primary N) is 1. The van der Waals surface area contributed by atoms with Crippen molar-refractivity contribution < 1.29 is 74.1 Å². The zero-order chi connectivity index (χ0) is 59.4. The van der Waals surface area contributed by atoms with Gasteiger partial charge in [0.25, 0.3) is 0 Å². The Labute approximate surface area is 469 Å². The summed E-state index contributed by atoms with van der Waals surface area (Å²) >= 11 is 0. The normalized spacial score (nSPS) is 27.6. The van der Waals surface area contributed by atoms with E-state index < -0.39 is 152 Å².